The highest BCUT2D eigenvalue weighted by molar-refractivity contribution is 9.10. The third-order valence-electron chi connectivity index (χ3n) is 3.15. The Balaban J connectivity index is 1.94. The summed E-state index contributed by atoms with van der Waals surface area (Å²) in [4.78, 5) is 12.0. The van der Waals surface area contributed by atoms with Gasteiger partial charge in [-0.05, 0) is 31.5 Å². The predicted molar refractivity (Wildman–Crippen MR) is 84.4 cm³/mol. The number of amides is 1. The van der Waals surface area contributed by atoms with Gasteiger partial charge in [-0.3, -0.25) is 4.79 Å². The van der Waals surface area contributed by atoms with Crippen molar-refractivity contribution in [2.24, 2.45) is 0 Å². The van der Waals surface area contributed by atoms with Gasteiger partial charge in [-0.2, -0.15) is 0 Å². The van der Waals surface area contributed by atoms with Crippen LogP contribution in [0.1, 0.15) is 13.3 Å². The summed E-state index contributed by atoms with van der Waals surface area (Å²) in [5.74, 6) is 0.161. The van der Waals surface area contributed by atoms with E-state index in [2.05, 4.69) is 21.2 Å². The molecular formula is C13H15BrClNO4S. The topological polar surface area (TPSA) is 72.5 Å². The first-order chi connectivity index (χ1) is 9.77. The molecule has 0 radical (unpaired) electrons. The Kier molecular flexibility index (Phi) is 5.16. The lowest BCUT2D eigenvalue weighted by Crippen LogP contribution is -2.43. The Morgan fingerprint density at radius 1 is 1.52 bits per heavy atom. The van der Waals surface area contributed by atoms with Gasteiger partial charge in [0.05, 0.1) is 16.5 Å². The largest absolute Gasteiger partial charge is 0.479 e. The lowest BCUT2D eigenvalue weighted by molar-refractivity contribution is -0.127. The Labute approximate surface area is 137 Å². The summed E-state index contributed by atoms with van der Waals surface area (Å²) in [6.07, 6.45) is -0.313. The number of ether oxygens (including phenoxy) is 1. The van der Waals surface area contributed by atoms with E-state index in [1.165, 1.54) is 0 Å². The molecule has 0 spiro atoms. The molecule has 2 rings (SSSR count). The standard InChI is InChI=1S/C13H15BrClNO4S/c1-8(20-12-3-2-9(14)6-11(12)15)13(17)16-10-4-5-21(18,19)7-10/h2-3,6,8,10H,4-5,7H2,1H3,(H,16,17)/t8-,10-/m1/s1. The van der Waals surface area contributed by atoms with E-state index < -0.39 is 15.9 Å². The van der Waals surface area contributed by atoms with Crippen molar-refractivity contribution in [2.75, 3.05) is 11.5 Å². The highest BCUT2D eigenvalue weighted by atomic mass is 79.9. The van der Waals surface area contributed by atoms with Crippen LogP contribution in [0.2, 0.25) is 5.02 Å². The van der Waals surface area contributed by atoms with E-state index in [4.69, 9.17) is 16.3 Å². The van der Waals surface area contributed by atoms with Crippen molar-refractivity contribution < 1.29 is 17.9 Å². The SMILES string of the molecule is C[C@@H](Oc1ccc(Br)cc1Cl)C(=O)N[C@@H]1CCS(=O)(=O)C1. The lowest BCUT2D eigenvalue weighted by atomic mass is 10.2. The number of carbonyl (C=O) groups is 1. The molecule has 0 unspecified atom stereocenters. The molecule has 1 heterocycles. The minimum Gasteiger partial charge on any atom is -0.479 e. The van der Waals surface area contributed by atoms with E-state index in [0.717, 1.165) is 4.47 Å². The Hall–Kier alpha value is -0.790. The van der Waals surface area contributed by atoms with Gasteiger partial charge in [0.25, 0.3) is 5.91 Å². The van der Waals surface area contributed by atoms with Crippen LogP contribution in [0.3, 0.4) is 0 Å². The lowest BCUT2D eigenvalue weighted by Gasteiger charge is -2.18. The number of nitrogens with one attached hydrogen (secondary N) is 1. The quantitative estimate of drug-likeness (QED) is 0.846. The summed E-state index contributed by atoms with van der Waals surface area (Å²) in [7, 11) is -3.02. The Morgan fingerprint density at radius 2 is 2.24 bits per heavy atom. The van der Waals surface area contributed by atoms with Gasteiger partial charge in [0, 0.05) is 10.5 Å². The molecule has 0 aliphatic carbocycles. The molecule has 5 nitrogen and oxygen atoms in total. The van der Waals surface area contributed by atoms with Crippen LogP contribution in [0.15, 0.2) is 22.7 Å². The van der Waals surface area contributed by atoms with Crippen molar-refractivity contribution in [3.8, 4) is 5.75 Å². The second-order valence-corrected chi connectivity index (χ2v) is 8.49. The fourth-order valence-electron chi connectivity index (χ4n) is 2.04. The van der Waals surface area contributed by atoms with Crippen LogP contribution in [0.25, 0.3) is 0 Å². The highest BCUT2D eigenvalue weighted by Crippen LogP contribution is 2.28. The number of sulfone groups is 1. The van der Waals surface area contributed by atoms with Gasteiger partial charge in [0.1, 0.15) is 5.75 Å². The molecule has 2 atom stereocenters. The smallest absolute Gasteiger partial charge is 0.261 e. The van der Waals surface area contributed by atoms with Crippen LogP contribution in [0.4, 0.5) is 0 Å². The first-order valence-electron chi connectivity index (χ1n) is 6.39. The molecule has 1 aromatic rings. The molecule has 1 aliphatic rings. The molecule has 1 amide bonds. The van der Waals surface area contributed by atoms with Crippen molar-refractivity contribution in [3.63, 3.8) is 0 Å². The predicted octanol–water partition coefficient (Wildman–Crippen LogP) is 2.17. The molecule has 0 aromatic heterocycles. The average molecular weight is 397 g/mol. The third kappa shape index (κ3) is 4.59. The minimum atomic E-state index is -3.02. The molecule has 1 N–H and O–H groups in total. The molecule has 0 bridgehead atoms. The van der Waals surface area contributed by atoms with Gasteiger partial charge in [-0.1, -0.05) is 27.5 Å². The number of rotatable bonds is 4. The van der Waals surface area contributed by atoms with Gasteiger partial charge in [0.15, 0.2) is 15.9 Å². The van der Waals surface area contributed by atoms with E-state index in [0.29, 0.717) is 17.2 Å². The molecule has 1 aromatic carbocycles. The first-order valence-corrected chi connectivity index (χ1v) is 9.38. The Morgan fingerprint density at radius 3 is 2.81 bits per heavy atom. The zero-order valence-electron chi connectivity index (χ0n) is 11.3. The normalized spacial score (nSPS) is 21.8. The Bertz CT molecular complexity index is 650. The fourth-order valence-corrected chi connectivity index (χ4v) is 4.43. The summed E-state index contributed by atoms with van der Waals surface area (Å²) in [6.45, 7) is 1.59. The van der Waals surface area contributed by atoms with Crippen molar-refractivity contribution in [3.05, 3.63) is 27.7 Å². The summed E-state index contributed by atoms with van der Waals surface area (Å²) < 4.78 is 29.0. The zero-order chi connectivity index (χ0) is 15.6. The molecular weight excluding hydrogens is 382 g/mol. The first kappa shape index (κ1) is 16.6. The second kappa shape index (κ2) is 6.54. The zero-order valence-corrected chi connectivity index (χ0v) is 14.5. The van der Waals surface area contributed by atoms with Gasteiger partial charge in [-0.25, -0.2) is 8.42 Å². The van der Waals surface area contributed by atoms with Gasteiger partial charge in [-0.15, -0.1) is 0 Å². The van der Waals surface area contributed by atoms with Crippen LogP contribution in [0.5, 0.6) is 5.75 Å². The molecule has 1 aliphatic heterocycles. The van der Waals surface area contributed by atoms with Crippen molar-refractivity contribution in [2.45, 2.75) is 25.5 Å². The van der Waals surface area contributed by atoms with Crippen LogP contribution < -0.4 is 10.1 Å². The van der Waals surface area contributed by atoms with Crippen LogP contribution in [-0.2, 0) is 14.6 Å². The van der Waals surface area contributed by atoms with Gasteiger partial charge in [0.2, 0.25) is 0 Å². The van der Waals surface area contributed by atoms with E-state index in [1.807, 2.05) is 0 Å². The van der Waals surface area contributed by atoms with Crippen LogP contribution >= 0.6 is 27.5 Å². The maximum atomic E-state index is 12.0. The van der Waals surface area contributed by atoms with Crippen molar-refractivity contribution >= 4 is 43.3 Å². The molecule has 1 fully saturated rings. The van der Waals surface area contributed by atoms with Crippen LogP contribution in [-0.4, -0.2) is 38.0 Å². The van der Waals surface area contributed by atoms with E-state index >= 15 is 0 Å². The number of halogens is 2. The minimum absolute atomic E-state index is 0.00942. The second-order valence-electron chi connectivity index (χ2n) is 4.94. The van der Waals surface area contributed by atoms with E-state index in [9.17, 15) is 13.2 Å². The highest BCUT2D eigenvalue weighted by Gasteiger charge is 2.30. The van der Waals surface area contributed by atoms with Gasteiger partial charge >= 0.3 is 0 Å². The van der Waals surface area contributed by atoms with Gasteiger partial charge < -0.3 is 10.1 Å². The summed E-state index contributed by atoms with van der Waals surface area (Å²) >= 11 is 9.30. The summed E-state index contributed by atoms with van der Waals surface area (Å²) in [5, 5.41) is 3.09. The number of hydrogen-bond acceptors (Lipinski definition) is 4. The van der Waals surface area contributed by atoms with Crippen molar-refractivity contribution in [1.82, 2.24) is 5.32 Å². The van der Waals surface area contributed by atoms with Crippen LogP contribution in [0, 0.1) is 0 Å². The summed E-state index contributed by atoms with van der Waals surface area (Å²) in [5.41, 5.74) is 0. The summed E-state index contributed by atoms with van der Waals surface area (Å²) in [6, 6.07) is 4.75. The third-order valence-corrected chi connectivity index (χ3v) is 5.70. The monoisotopic (exact) mass is 395 g/mol. The number of benzene rings is 1. The number of hydrogen-bond donors (Lipinski definition) is 1. The molecule has 8 heteroatoms. The maximum Gasteiger partial charge on any atom is 0.261 e. The average Bonchev–Trinajstić information content (AvgIpc) is 2.72. The van der Waals surface area contributed by atoms with E-state index in [1.54, 1.807) is 25.1 Å². The number of carbonyl (C=O) groups excluding carboxylic acids is 1. The molecule has 0 saturated carbocycles. The maximum absolute atomic E-state index is 12.0. The molecule has 21 heavy (non-hydrogen) atoms. The van der Waals surface area contributed by atoms with E-state index in [-0.39, 0.29) is 23.5 Å². The molecule has 116 valence electrons. The van der Waals surface area contributed by atoms with Crippen molar-refractivity contribution in [1.29, 1.82) is 0 Å². The fraction of sp³-hybridized carbons (Fsp3) is 0.462. The molecule has 1 saturated heterocycles.